The van der Waals surface area contributed by atoms with Gasteiger partial charge < -0.3 is 15.5 Å². The normalized spacial score (nSPS) is 16.1. The number of aliphatic imine (C=N–C) groups is 1. The third-order valence-electron chi connectivity index (χ3n) is 5.52. The van der Waals surface area contributed by atoms with Crippen molar-refractivity contribution in [2.45, 2.75) is 25.7 Å². The van der Waals surface area contributed by atoms with E-state index >= 15 is 0 Å². The topological polar surface area (TPSA) is 42.9 Å². The number of unbranched alkanes of at least 4 members (excludes halogenated alkanes) is 1. The Morgan fingerprint density at radius 2 is 1.80 bits per heavy atom. The number of halogens is 1. The predicted molar refractivity (Wildman–Crippen MR) is 142 cm³/mol. The number of hydrogen-bond acceptors (Lipinski definition) is 4. The number of thiophene rings is 1. The van der Waals surface area contributed by atoms with Gasteiger partial charge in [-0.3, -0.25) is 9.89 Å². The van der Waals surface area contributed by atoms with Gasteiger partial charge in [-0.2, -0.15) is 0 Å². The third-order valence-corrected chi connectivity index (χ3v) is 6.62. The molecule has 2 N–H and O–H groups in total. The number of benzene rings is 1. The minimum atomic E-state index is 0. The molecular formula is C23H36IN5S. The average Bonchev–Trinajstić information content (AvgIpc) is 3.31. The Bertz CT molecular complexity index is 714. The lowest BCUT2D eigenvalue weighted by Crippen LogP contribution is -2.46. The molecule has 0 aliphatic carbocycles. The molecule has 1 aliphatic heterocycles. The van der Waals surface area contributed by atoms with Crippen LogP contribution in [-0.2, 0) is 0 Å². The minimum absolute atomic E-state index is 0. The first-order valence-electron chi connectivity index (χ1n) is 10.8. The van der Waals surface area contributed by atoms with Crippen molar-refractivity contribution >= 4 is 47.0 Å². The maximum absolute atomic E-state index is 4.35. The van der Waals surface area contributed by atoms with Crippen LogP contribution in [0.15, 0.2) is 52.8 Å². The smallest absolute Gasteiger partial charge is 0.190 e. The highest BCUT2D eigenvalue weighted by atomic mass is 127. The molecule has 3 rings (SSSR count). The van der Waals surface area contributed by atoms with Gasteiger partial charge in [-0.15, -0.1) is 35.3 Å². The molecule has 1 atom stereocenters. The van der Waals surface area contributed by atoms with Crippen LogP contribution in [0.1, 0.15) is 30.6 Å². The Morgan fingerprint density at radius 1 is 1.03 bits per heavy atom. The van der Waals surface area contributed by atoms with E-state index in [0.717, 1.165) is 45.2 Å². The summed E-state index contributed by atoms with van der Waals surface area (Å²) in [5.74, 6) is 1.41. The van der Waals surface area contributed by atoms with E-state index in [1.54, 1.807) is 0 Å². The first kappa shape index (κ1) is 24.9. The van der Waals surface area contributed by atoms with Gasteiger partial charge in [0.1, 0.15) is 0 Å². The van der Waals surface area contributed by atoms with Gasteiger partial charge in [0, 0.05) is 62.8 Å². The molecule has 1 aliphatic rings. The first-order valence-corrected chi connectivity index (χ1v) is 11.6. The number of para-hydroxylation sites is 1. The van der Waals surface area contributed by atoms with Gasteiger partial charge in [-0.1, -0.05) is 31.2 Å². The van der Waals surface area contributed by atoms with Gasteiger partial charge in [0.25, 0.3) is 0 Å². The average molecular weight is 542 g/mol. The van der Waals surface area contributed by atoms with E-state index in [9.17, 15) is 0 Å². The number of anilines is 1. The maximum atomic E-state index is 4.35. The van der Waals surface area contributed by atoms with Crippen molar-refractivity contribution in [1.29, 1.82) is 0 Å². The van der Waals surface area contributed by atoms with Crippen molar-refractivity contribution in [2.24, 2.45) is 4.99 Å². The Kier molecular flexibility index (Phi) is 11.5. The maximum Gasteiger partial charge on any atom is 0.190 e. The summed E-state index contributed by atoms with van der Waals surface area (Å²) < 4.78 is 0. The van der Waals surface area contributed by atoms with Crippen LogP contribution in [-0.4, -0.2) is 63.7 Å². The van der Waals surface area contributed by atoms with Crippen LogP contribution in [0.5, 0.6) is 0 Å². The third kappa shape index (κ3) is 8.07. The quantitative estimate of drug-likeness (QED) is 0.216. The van der Waals surface area contributed by atoms with Crippen LogP contribution >= 0.6 is 35.3 Å². The van der Waals surface area contributed by atoms with E-state index in [2.05, 4.69) is 80.2 Å². The van der Waals surface area contributed by atoms with Crippen molar-refractivity contribution in [2.75, 3.05) is 57.8 Å². The van der Waals surface area contributed by atoms with Crippen LogP contribution in [0.4, 0.5) is 5.69 Å². The number of nitrogens with one attached hydrogen (secondary N) is 2. The summed E-state index contributed by atoms with van der Waals surface area (Å²) in [6.45, 7) is 9.89. The first-order chi connectivity index (χ1) is 14.3. The van der Waals surface area contributed by atoms with Gasteiger partial charge in [0.2, 0.25) is 0 Å². The molecule has 0 spiro atoms. The summed E-state index contributed by atoms with van der Waals surface area (Å²) >= 11 is 1.82. The largest absolute Gasteiger partial charge is 0.369 e. The fraction of sp³-hybridized carbons (Fsp3) is 0.522. The van der Waals surface area contributed by atoms with Gasteiger partial charge in [0.05, 0.1) is 0 Å². The zero-order valence-electron chi connectivity index (χ0n) is 18.2. The Morgan fingerprint density at radius 3 is 2.47 bits per heavy atom. The van der Waals surface area contributed by atoms with E-state index < -0.39 is 0 Å². The molecule has 0 saturated carbocycles. The van der Waals surface area contributed by atoms with E-state index in [1.807, 2.05) is 18.4 Å². The number of guanidine groups is 1. The summed E-state index contributed by atoms with van der Waals surface area (Å²) in [5.41, 5.74) is 1.35. The molecule has 0 radical (unpaired) electrons. The minimum Gasteiger partial charge on any atom is -0.369 e. The van der Waals surface area contributed by atoms with Crippen molar-refractivity contribution in [3.8, 4) is 0 Å². The zero-order valence-corrected chi connectivity index (χ0v) is 21.4. The van der Waals surface area contributed by atoms with Crippen LogP contribution < -0.4 is 15.5 Å². The SMILES string of the molecule is CN=C(NCCCCN1CCN(c2ccccc2)CC1)NCC(C)c1cccs1.I. The van der Waals surface area contributed by atoms with E-state index in [-0.39, 0.29) is 24.0 Å². The number of piperazine rings is 1. The molecule has 1 unspecified atom stereocenters. The molecule has 2 aromatic rings. The van der Waals surface area contributed by atoms with Gasteiger partial charge in [-0.05, 0) is 43.0 Å². The Labute approximate surface area is 203 Å². The van der Waals surface area contributed by atoms with Gasteiger partial charge >= 0.3 is 0 Å². The standard InChI is InChI=1S/C23H35N5S.HI/c1-20(22-11-8-18-29-22)19-26-23(24-2)25-12-6-7-13-27-14-16-28(17-15-27)21-9-4-3-5-10-21;/h3-5,8-11,18,20H,6-7,12-17,19H2,1-2H3,(H2,24,25,26);1H. The second kappa shape index (κ2) is 13.9. The molecule has 1 saturated heterocycles. The molecule has 5 nitrogen and oxygen atoms in total. The van der Waals surface area contributed by atoms with Crippen LogP contribution in [0.2, 0.25) is 0 Å². The summed E-state index contributed by atoms with van der Waals surface area (Å²) in [6.07, 6.45) is 2.39. The Balaban J connectivity index is 0.00000320. The van der Waals surface area contributed by atoms with Crippen molar-refractivity contribution < 1.29 is 0 Å². The van der Waals surface area contributed by atoms with Crippen molar-refractivity contribution in [1.82, 2.24) is 15.5 Å². The fourth-order valence-electron chi connectivity index (χ4n) is 3.68. The molecule has 1 fully saturated rings. The number of hydrogen-bond donors (Lipinski definition) is 2. The molecule has 2 heterocycles. The molecule has 0 bridgehead atoms. The lowest BCUT2D eigenvalue weighted by Gasteiger charge is -2.36. The predicted octanol–water partition coefficient (Wildman–Crippen LogP) is 4.24. The fourth-order valence-corrected chi connectivity index (χ4v) is 4.47. The number of nitrogens with zero attached hydrogens (tertiary/aromatic N) is 3. The highest BCUT2D eigenvalue weighted by Crippen LogP contribution is 2.19. The highest BCUT2D eigenvalue weighted by Gasteiger charge is 2.16. The summed E-state index contributed by atoms with van der Waals surface area (Å²) in [4.78, 5) is 10.8. The van der Waals surface area contributed by atoms with E-state index in [1.165, 1.54) is 30.0 Å². The molecule has 7 heteroatoms. The molecule has 1 aromatic carbocycles. The summed E-state index contributed by atoms with van der Waals surface area (Å²) in [5, 5.41) is 9.04. The van der Waals surface area contributed by atoms with Gasteiger partial charge in [-0.25, -0.2) is 0 Å². The van der Waals surface area contributed by atoms with E-state index in [4.69, 9.17) is 0 Å². The highest BCUT2D eigenvalue weighted by molar-refractivity contribution is 14.0. The second-order valence-electron chi connectivity index (χ2n) is 7.67. The summed E-state index contributed by atoms with van der Waals surface area (Å²) in [6, 6.07) is 15.1. The molecular weight excluding hydrogens is 505 g/mol. The monoisotopic (exact) mass is 541 g/mol. The number of rotatable bonds is 9. The van der Waals surface area contributed by atoms with Crippen molar-refractivity contribution in [3.05, 3.63) is 52.7 Å². The van der Waals surface area contributed by atoms with Gasteiger partial charge in [0.15, 0.2) is 5.96 Å². The molecule has 0 amide bonds. The molecule has 30 heavy (non-hydrogen) atoms. The van der Waals surface area contributed by atoms with E-state index in [0.29, 0.717) is 5.92 Å². The molecule has 166 valence electrons. The van der Waals surface area contributed by atoms with Crippen molar-refractivity contribution in [3.63, 3.8) is 0 Å². The molecule has 1 aromatic heterocycles. The van der Waals surface area contributed by atoms with Crippen LogP contribution in [0.3, 0.4) is 0 Å². The lowest BCUT2D eigenvalue weighted by atomic mass is 10.1. The zero-order chi connectivity index (χ0) is 20.3. The Hall–Kier alpha value is -1.32. The second-order valence-corrected chi connectivity index (χ2v) is 8.65. The van der Waals surface area contributed by atoms with Crippen LogP contribution in [0, 0.1) is 0 Å². The van der Waals surface area contributed by atoms with Crippen LogP contribution in [0.25, 0.3) is 0 Å². The summed E-state index contributed by atoms with van der Waals surface area (Å²) in [7, 11) is 1.84. The lowest BCUT2D eigenvalue weighted by molar-refractivity contribution is 0.253.